The van der Waals surface area contributed by atoms with Gasteiger partial charge in [0.15, 0.2) is 0 Å². The maximum atomic E-state index is 13.2. The third kappa shape index (κ3) is 4.67. The molecule has 0 spiro atoms. The minimum Gasteiger partial charge on any atom is -0.342 e. The summed E-state index contributed by atoms with van der Waals surface area (Å²) < 4.78 is 29.8. The fourth-order valence-corrected chi connectivity index (χ4v) is 6.00. The maximum absolute atomic E-state index is 13.2. The van der Waals surface area contributed by atoms with Crippen LogP contribution >= 0.6 is 0 Å². The van der Waals surface area contributed by atoms with Gasteiger partial charge in [-0.25, -0.2) is 8.42 Å². The second-order valence-electron chi connectivity index (χ2n) is 10.1. The summed E-state index contributed by atoms with van der Waals surface area (Å²) in [5.74, 6) is 0.316. The number of piperidine rings is 1. The Kier molecular flexibility index (Phi) is 5.83. The van der Waals surface area contributed by atoms with Crippen LogP contribution in [0.25, 0.3) is 0 Å². The summed E-state index contributed by atoms with van der Waals surface area (Å²) in [6.07, 6.45) is 1.38. The number of hydrogen-bond acceptors (Lipinski definition) is 5. The first-order chi connectivity index (χ1) is 15.5. The number of pyridine rings is 1. The molecule has 1 amide bonds. The van der Waals surface area contributed by atoms with Gasteiger partial charge >= 0.3 is 0 Å². The van der Waals surface area contributed by atoms with Crippen LogP contribution in [0.4, 0.5) is 5.69 Å². The zero-order valence-corrected chi connectivity index (χ0v) is 19.9. The van der Waals surface area contributed by atoms with E-state index in [9.17, 15) is 23.3 Å². The molecular formula is C24H28N4O4S. The number of anilines is 1. The number of hydrogen-bond donors (Lipinski definition) is 1. The molecule has 174 valence electrons. The van der Waals surface area contributed by atoms with E-state index in [4.69, 9.17) is 0 Å². The van der Waals surface area contributed by atoms with Crippen LogP contribution in [0, 0.1) is 22.7 Å². The molecule has 33 heavy (non-hydrogen) atoms. The van der Waals surface area contributed by atoms with Crippen molar-refractivity contribution >= 4 is 21.6 Å². The van der Waals surface area contributed by atoms with Crippen molar-refractivity contribution in [2.75, 3.05) is 17.8 Å². The van der Waals surface area contributed by atoms with Crippen LogP contribution < -0.4 is 10.3 Å². The molecule has 0 radical (unpaired) electrons. The summed E-state index contributed by atoms with van der Waals surface area (Å²) in [6.45, 7) is 7.73. The Morgan fingerprint density at radius 2 is 1.88 bits per heavy atom. The number of nitrogens with zero attached hydrogens (tertiary/aromatic N) is 3. The monoisotopic (exact) mass is 468 g/mol. The van der Waals surface area contributed by atoms with Crippen LogP contribution in [0.2, 0.25) is 0 Å². The lowest BCUT2D eigenvalue weighted by molar-refractivity contribution is -0.135. The van der Waals surface area contributed by atoms with Crippen LogP contribution in [0.15, 0.2) is 46.1 Å². The molecule has 2 aromatic rings. The molecule has 1 aromatic carbocycles. The van der Waals surface area contributed by atoms with Crippen molar-refractivity contribution < 1.29 is 13.2 Å². The lowest BCUT2D eigenvalue weighted by Gasteiger charge is -2.43. The van der Waals surface area contributed by atoms with E-state index in [-0.39, 0.29) is 39.3 Å². The summed E-state index contributed by atoms with van der Waals surface area (Å²) in [6, 6.07) is 11.0. The zero-order chi connectivity index (χ0) is 24.0. The fraction of sp³-hybridized carbons (Fsp3) is 0.458. The van der Waals surface area contributed by atoms with Gasteiger partial charge in [-0.1, -0.05) is 32.9 Å². The van der Waals surface area contributed by atoms with Crippen molar-refractivity contribution in [3.05, 3.63) is 58.0 Å². The summed E-state index contributed by atoms with van der Waals surface area (Å²) >= 11 is 0. The Bertz CT molecular complexity index is 1300. The first-order valence-corrected chi connectivity index (χ1v) is 12.5. The standard InChI is InChI=1S/C24H28N4O4S/c1-24(2,3)11-22(29)27-13-16-10-18(15-27)20-9-8-19(23(30)28(20)14-16)26-33(31,32)21-7-5-4-6-17(21)12-25/h4-9,16,18,26H,10-11,13-15H2,1-3H3/t16-,18-/m1/s1. The third-order valence-corrected chi connectivity index (χ3v) is 7.60. The first-order valence-electron chi connectivity index (χ1n) is 11.0. The predicted octanol–water partition coefficient (Wildman–Crippen LogP) is 2.90. The molecule has 0 unspecified atom stereocenters. The highest BCUT2D eigenvalue weighted by molar-refractivity contribution is 7.92. The molecular weight excluding hydrogens is 440 g/mol. The Hall–Kier alpha value is -3.12. The number of nitrogens with one attached hydrogen (secondary N) is 1. The number of amides is 1. The Morgan fingerprint density at radius 3 is 2.58 bits per heavy atom. The van der Waals surface area contributed by atoms with Gasteiger partial charge in [-0.2, -0.15) is 5.26 Å². The van der Waals surface area contributed by atoms with Crippen LogP contribution in [-0.2, 0) is 21.4 Å². The molecule has 1 aromatic heterocycles. The average Bonchev–Trinajstić information content (AvgIpc) is 2.74. The highest BCUT2D eigenvalue weighted by Gasteiger charge is 2.37. The molecule has 0 aliphatic carbocycles. The molecule has 3 heterocycles. The average molecular weight is 469 g/mol. The molecule has 0 saturated carbocycles. The van der Waals surface area contributed by atoms with E-state index in [1.54, 1.807) is 16.7 Å². The fourth-order valence-electron chi connectivity index (χ4n) is 4.79. The number of aromatic nitrogens is 1. The molecule has 4 rings (SSSR count). The molecule has 2 bridgehead atoms. The summed E-state index contributed by atoms with van der Waals surface area (Å²) in [7, 11) is -4.10. The second kappa shape index (κ2) is 8.34. The minimum absolute atomic E-state index is 0.0117. The summed E-state index contributed by atoms with van der Waals surface area (Å²) in [5, 5.41) is 9.24. The van der Waals surface area contributed by atoms with Crippen molar-refractivity contribution in [2.45, 2.75) is 51.0 Å². The van der Waals surface area contributed by atoms with Crippen LogP contribution in [0.1, 0.15) is 50.8 Å². The van der Waals surface area contributed by atoms with Gasteiger partial charge in [0.25, 0.3) is 15.6 Å². The van der Waals surface area contributed by atoms with Crippen LogP contribution in [-0.4, -0.2) is 36.9 Å². The van der Waals surface area contributed by atoms with Gasteiger partial charge in [-0.05, 0) is 42.0 Å². The number of sulfonamides is 1. The molecule has 2 aliphatic heterocycles. The number of carbonyl (C=O) groups is 1. The Balaban J connectivity index is 1.61. The van der Waals surface area contributed by atoms with Gasteiger partial charge in [0, 0.05) is 37.7 Å². The second-order valence-corrected chi connectivity index (χ2v) is 11.8. The van der Waals surface area contributed by atoms with Gasteiger partial charge in [-0.15, -0.1) is 0 Å². The number of fused-ring (bicyclic) bond motifs is 4. The van der Waals surface area contributed by atoms with Gasteiger partial charge in [-0.3, -0.25) is 14.3 Å². The van der Waals surface area contributed by atoms with E-state index in [0.717, 1.165) is 12.1 Å². The number of likely N-dealkylation sites (tertiary alicyclic amines) is 1. The number of nitriles is 1. The SMILES string of the molecule is CC(C)(C)CC(=O)N1C[C@H]2C[C@H](C1)c1ccc(NS(=O)(=O)c3ccccc3C#N)c(=O)n1C2. The summed E-state index contributed by atoms with van der Waals surface area (Å²) in [4.78, 5) is 27.7. The molecule has 2 atom stereocenters. The highest BCUT2D eigenvalue weighted by Crippen LogP contribution is 2.36. The van der Waals surface area contributed by atoms with E-state index >= 15 is 0 Å². The highest BCUT2D eigenvalue weighted by atomic mass is 32.2. The third-order valence-electron chi connectivity index (χ3n) is 6.18. The van der Waals surface area contributed by atoms with E-state index in [1.165, 1.54) is 24.3 Å². The van der Waals surface area contributed by atoms with E-state index in [1.807, 2.05) is 31.7 Å². The first kappa shape index (κ1) is 23.1. The zero-order valence-electron chi connectivity index (χ0n) is 19.0. The number of benzene rings is 1. The number of carbonyl (C=O) groups excluding carboxylic acids is 1. The molecule has 1 saturated heterocycles. The molecule has 2 aliphatic rings. The van der Waals surface area contributed by atoms with Gasteiger partial charge in [0.2, 0.25) is 5.91 Å². The smallest absolute Gasteiger partial charge is 0.275 e. The number of rotatable bonds is 4. The normalized spacial score (nSPS) is 20.0. The van der Waals surface area contributed by atoms with Gasteiger partial charge in [0.1, 0.15) is 16.7 Å². The Morgan fingerprint density at radius 1 is 1.15 bits per heavy atom. The summed E-state index contributed by atoms with van der Waals surface area (Å²) in [5.41, 5.74) is 0.290. The van der Waals surface area contributed by atoms with E-state index in [0.29, 0.717) is 26.1 Å². The molecule has 1 N–H and O–H groups in total. The van der Waals surface area contributed by atoms with Crippen molar-refractivity contribution in [1.82, 2.24) is 9.47 Å². The maximum Gasteiger partial charge on any atom is 0.275 e. The van der Waals surface area contributed by atoms with Gasteiger partial charge in [0.05, 0.1) is 5.56 Å². The predicted molar refractivity (Wildman–Crippen MR) is 124 cm³/mol. The molecule has 1 fully saturated rings. The van der Waals surface area contributed by atoms with Crippen molar-refractivity contribution in [3.8, 4) is 6.07 Å². The van der Waals surface area contributed by atoms with E-state index < -0.39 is 15.6 Å². The molecule has 9 heteroatoms. The largest absolute Gasteiger partial charge is 0.342 e. The molecule has 8 nitrogen and oxygen atoms in total. The van der Waals surface area contributed by atoms with Gasteiger partial charge < -0.3 is 9.47 Å². The lowest BCUT2D eigenvalue weighted by Crippen LogP contribution is -2.49. The minimum atomic E-state index is -4.10. The van der Waals surface area contributed by atoms with Crippen molar-refractivity contribution in [1.29, 1.82) is 5.26 Å². The quantitative estimate of drug-likeness (QED) is 0.741. The van der Waals surface area contributed by atoms with Crippen molar-refractivity contribution in [2.24, 2.45) is 11.3 Å². The van der Waals surface area contributed by atoms with E-state index in [2.05, 4.69) is 4.72 Å². The lowest BCUT2D eigenvalue weighted by atomic mass is 9.82. The Labute approximate surface area is 193 Å². The van der Waals surface area contributed by atoms with Crippen LogP contribution in [0.5, 0.6) is 0 Å². The van der Waals surface area contributed by atoms with Crippen molar-refractivity contribution in [3.63, 3.8) is 0 Å². The van der Waals surface area contributed by atoms with Crippen LogP contribution in [0.3, 0.4) is 0 Å². The topological polar surface area (TPSA) is 112 Å².